The van der Waals surface area contributed by atoms with Crippen molar-refractivity contribution in [1.82, 2.24) is 4.98 Å². The number of nitrogens with zero attached hydrogens (tertiary/aromatic N) is 3. The van der Waals surface area contributed by atoms with E-state index in [1.807, 2.05) is 36.4 Å². The van der Waals surface area contributed by atoms with E-state index in [4.69, 9.17) is 9.47 Å². The fraction of sp³-hybridized carbons (Fsp3) is 0.346. The molecule has 2 heterocycles. The normalized spacial score (nSPS) is 15.4. The molecule has 1 aromatic heterocycles. The molecule has 176 valence electrons. The number of carbonyl (C=O) groups excluding carboxylic acids is 1. The van der Waals surface area contributed by atoms with Crippen LogP contribution in [0.2, 0.25) is 0 Å². The van der Waals surface area contributed by atoms with E-state index in [1.165, 1.54) is 5.56 Å². The second-order valence-electron chi connectivity index (χ2n) is 8.78. The first-order valence-electron chi connectivity index (χ1n) is 11.4. The van der Waals surface area contributed by atoms with Crippen molar-refractivity contribution in [2.45, 2.75) is 32.2 Å². The third kappa shape index (κ3) is 4.75. The average molecular weight is 461 g/mol. The van der Waals surface area contributed by atoms with Crippen molar-refractivity contribution in [2.24, 2.45) is 0 Å². The van der Waals surface area contributed by atoms with Crippen molar-refractivity contribution >= 4 is 28.3 Å². The third-order valence-corrected chi connectivity index (χ3v) is 6.24. The molecule has 2 aromatic carbocycles. The first-order valence-corrected chi connectivity index (χ1v) is 11.4. The van der Waals surface area contributed by atoms with Gasteiger partial charge in [0.1, 0.15) is 12.1 Å². The summed E-state index contributed by atoms with van der Waals surface area (Å²) in [6, 6.07) is 13.9. The van der Waals surface area contributed by atoms with Gasteiger partial charge in [0.2, 0.25) is 0 Å². The number of nitrogens with one attached hydrogen (secondary N) is 1. The van der Waals surface area contributed by atoms with Crippen LogP contribution in [-0.4, -0.2) is 44.4 Å². The van der Waals surface area contributed by atoms with Crippen molar-refractivity contribution in [2.75, 3.05) is 37.5 Å². The van der Waals surface area contributed by atoms with Gasteiger partial charge in [0.15, 0.2) is 11.5 Å². The lowest BCUT2D eigenvalue weighted by atomic mass is 10.0. The number of rotatable bonds is 6. The van der Waals surface area contributed by atoms with Gasteiger partial charge in [0.25, 0.3) is 0 Å². The summed E-state index contributed by atoms with van der Waals surface area (Å²) in [6.07, 6.45) is 2.41. The molecule has 3 N–H and O–H groups in total. The van der Waals surface area contributed by atoms with Gasteiger partial charge in [-0.15, -0.1) is 0 Å². The van der Waals surface area contributed by atoms with Crippen LogP contribution >= 0.6 is 0 Å². The number of anilines is 2. The molecule has 1 saturated heterocycles. The van der Waals surface area contributed by atoms with E-state index in [1.54, 1.807) is 25.7 Å². The zero-order valence-corrected chi connectivity index (χ0v) is 20.0. The number of hydrogen-bond donors (Lipinski definition) is 2. The van der Waals surface area contributed by atoms with Crippen molar-refractivity contribution in [3.8, 4) is 17.6 Å². The maximum absolute atomic E-state index is 12.6. The van der Waals surface area contributed by atoms with Gasteiger partial charge in [0.05, 0.1) is 37.5 Å². The number of benzene rings is 2. The predicted molar refractivity (Wildman–Crippen MR) is 132 cm³/mol. The molecule has 2 amide bonds. The van der Waals surface area contributed by atoms with Gasteiger partial charge in [0, 0.05) is 36.3 Å². The largest absolute Gasteiger partial charge is 0.493 e. The minimum Gasteiger partial charge on any atom is -0.493 e. The van der Waals surface area contributed by atoms with Gasteiger partial charge in [-0.25, -0.2) is 4.79 Å². The van der Waals surface area contributed by atoms with Crippen molar-refractivity contribution < 1.29 is 19.6 Å². The number of fused-ring (bicyclic) bond motifs is 1. The number of quaternary nitrogens is 1. The predicted octanol–water partition coefficient (Wildman–Crippen LogP) is 3.62. The first kappa shape index (κ1) is 23.3. The SMILES string of the molecule is COc1cc2ncc(C#N)c(N3CCC([NH2+]C(=O)Nc4ccc(C(C)C)cc4)C3)c2cc1OC. The van der Waals surface area contributed by atoms with Crippen LogP contribution in [0.25, 0.3) is 10.9 Å². The van der Waals surface area contributed by atoms with Crippen LogP contribution in [0.5, 0.6) is 11.5 Å². The Labute approximate surface area is 199 Å². The molecular formula is C26H30N5O3+. The molecule has 1 aliphatic rings. The molecule has 1 unspecified atom stereocenters. The van der Waals surface area contributed by atoms with Crippen molar-refractivity contribution in [3.63, 3.8) is 0 Å². The fourth-order valence-corrected chi connectivity index (χ4v) is 4.40. The number of amides is 2. The number of nitriles is 1. The summed E-state index contributed by atoms with van der Waals surface area (Å²) >= 11 is 0. The molecule has 0 radical (unpaired) electrons. The Balaban J connectivity index is 1.50. The Kier molecular flexibility index (Phi) is 6.85. The summed E-state index contributed by atoms with van der Waals surface area (Å²) in [5, 5.41) is 15.3. The van der Waals surface area contributed by atoms with Crippen molar-refractivity contribution in [3.05, 3.63) is 53.7 Å². The number of urea groups is 1. The Morgan fingerprint density at radius 1 is 1.21 bits per heavy atom. The minimum atomic E-state index is -0.115. The molecule has 1 aliphatic heterocycles. The Morgan fingerprint density at radius 3 is 2.56 bits per heavy atom. The molecule has 0 aliphatic carbocycles. The monoisotopic (exact) mass is 460 g/mol. The van der Waals surface area contributed by atoms with Gasteiger partial charge in [-0.1, -0.05) is 26.0 Å². The lowest BCUT2D eigenvalue weighted by Gasteiger charge is -2.21. The summed E-state index contributed by atoms with van der Waals surface area (Å²) in [5.74, 6) is 1.62. The number of aromatic nitrogens is 1. The maximum Gasteiger partial charge on any atom is 0.417 e. The summed E-state index contributed by atoms with van der Waals surface area (Å²) in [4.78, 5) is 19.2. The van der Waals surface area contributed by atoms with E-state index in [0.717, 1.165) is 35.2 Å². The standard InChI is InChI=1S/C26H29N5O3/c1-16(2)17-5-7-19(8-6-17)29-26(32)30-20-9-10-31(15-20)25-18(13-27)14-28-22-12-24(34-4)23(33-3)11-21(22)25/h5-8,11-12,14,16,20H,9-10,15H2,1-4H3,(H2,29,30,32)/p+1. The number of ether oxygens (including phenoxy) is 2. The summed E-state index contributed by atoms with van der Waals surface area (Å²) in [5.41, 5.74) is 4.06. The highest BCUT2D eigenvalue weighted by molar-refractivity contribution is 5.96. The Morgan fingerprint density at radius 2 is 1.91 bits per heavy atom. The molecule has 8 nitrogen and oxygen atoms in total. The van der Waals surface area contributed by atoms with Crippen LogP contribution in [0.1, 0.15) is 37.3 Å². The smallest absolute Gasteiger partial charge is 0.417 e. The topological polar surface area (TPSA) is 104 Å². The van der Waals surface area contributed by atoms with Gasteiger partial charge >= 0.3 is 6.03 Å². The zero-order valence-electron chi connectivity index (χ0n) is 20.0. The van der Waals surface area contributed by atoms with Crippen LogP contribution in [0.4, 0.5) is 16.2 Å². The zero-order chi connectivity index (χ0) is 24.2. The molecule has 4 rings (SSSR count). The van der Waals surface area contributed by atoms with Gasteiger partial charge in [-0.05, 0) is 29.7 Å². The number of carbonyl (C=O) groups is 1. The van der Waals surface area contributed by atoms with E-state index in [9.17, 15) is 10.1 Å². The molecule has 1 fully saturated rings. The van der Waals surface area contributed by atoms with Crippen LogP contribution in [0.15, 0.2) is 42.6 Å². The second kappa shape index (κ2) is 9.98. The van der Waals surface area contributed by atoms with Crippen LogP contribution in [-0.2, 0) is 0 Å². The Hall–Kier alpha value is -3.83. The highest BCUT2D eigenvalue weighted by atomic mass is 16.5. The fourth-order valence-electron chi connectivity index (χ4n) is 4.40. The van der Waals surface area contributed by atoms with Crippen LogP contribution in [0, 0.1) is 11.3 Å². The number of primary amides is 1. The number of nitrogens with two attached hydrogens (primary N) is 1. The van der Waals surface area contributed by atoms with Crippen molar-refractivity contribution in [1.29, 1.82) is 5.26 Å². The third-order valence-electron chi connectivity index (χ3n) is 6.24. The number of methoxy groups -OCH3 is 2. The summed E-state index contributed by atoms with van der Waals surface area (Å²) in [7, 11) is 3.17. The lowest BCUT2D eigenvalue weighted by molar-refractivity contribution is -0.586. The van der Waals surface area contributed by atoms with E-state index >= 15 is 0 Å². The molecule has 0 bridgehead atoms. The van der Waals surface area contributed by atoms with Crippen LogP contribution in [0.3, 0.4) is 0 Å². The number of hydrogen-bond acceptors (Lipinski definition) is 6. The molecule has 8 heteroatoms. The van der Waals surface area contributed by atoms with E-state index in [2.05, 4.69) is 35.1 Å². The highest BCUT2D eigenvalue weighted by Gasteiger charge is 2.30. The van der Waals surface area contributed by atoms with E-state index in [0.29, 0.717) is 29.5 Å². The van der Waals surface area contributed by atoms with Gasteiger partial charge in [-0.3, -0.25) is 15.6 Å². The molecule has 3 aromatic rings. The average Bonchev–Trinajstić information content (AvgIpc) is 3.30. The molecular weight excluding hydrogens is 430 g/mol. The number of pyridine rings is 1. The first-order chi connectivity index (χ1) is 16.4. The van der Waals surface area contributed by atoms with E-state index in [-0.39, 0.29) is 12.1 Å². The minimum absolute atomic E-state index is 0.0739. The van der Waals surface area contributed by atoms with E-state index < -0.39 is 0 Å². The quantitative estimate of drug-likeness (QED) is 0.582. The summed E-state index contributed by atoms with van der Waals surface area (Å²) < 4.78 is 10.9. The second-order valence-corrected chi connectivity index (χ2v) is 8.78. The van der Waals surface area contributed by atoms with Gasteiger partial charge in [-0.2, -0.15) is 5.26 Å². The molecule has 34 heavy (non-hydrogen) atoms. The summed E-state index contributed by atoms with van der Waals surface area (Å²) in [6.45, 7) is 5.66. The maximum atomic E-state index is 12.6. The molecule has 1 atom stereocenters. The highest BCUT2D eigenvalue weighted by Crippen LogP contribution is 2.38. The Bertz CT molecular complexity index is 1230. The molecule has 0 spiro atoms. The molecule has 0 saturated carbocycles. The van der Waals surface area contributed by atoms with Gasteiger partial charge < -0.3 is 14.4 Å². The lowest BCUT2D eigenvalue weighted by Crippen LogP contribution is -2.95. The van der Waals surface area contributed by atoms with Crippen LogP contribution < -0.4 is 25.0 Å².